The Balaban J connectivity index is 1.93. The van der Waals surface area contributed by atoms with Gasteiger partial charge >= 0.3 is 0 Å². The molecule has 1 aromatic rings. The number of carbonyl (C=O) groups excluding carboxylic acids is 2. The minimum Gasteiger partial charge on any atom is -0.366 e. The van der Waals surface area contributed by atoms with Gasteiger partial charge < -0.3 is 9.80 Å². The number of piperidine rings is 1. The van der Waals surface area contributed by atoms with Crippen LogP contribution in [-0.4, -0.2) is 66.3 Å². The second-order valence-electron chi connectivity index (χ2n) is 6.96. The first-order chi connectivity index (χ1) is 12.0. The van der Waals surface area contributed by atoms with Gasteiger partial charge in [-0.05, 0) is 50.8 Å². The lowest BCUT2D eigenvalue weighted by molar-refractivity contribution is -0.137. The SMILES string of the molecule is CCCCN1C(=O)C(c2cccs2)=C(N(C)C2CCN(C)CC2)C1=O. The summed E-state index contributed by atoms with van der Waals surface area (Å²) in [5.41, 5.74) is 1.19. The van der Waals surface area contributed by atoms with Gasteiger partial charge in [-0.3, -0.25) is 14.5 Å². The predicted molar refractivity (Wildman–Crippen MR) is 101 cm³/mol. The summed E-state index contributed by atoms with van der Waals surface area (Å²) in [7, 11) is 4.11. The van der Waals surface area contributed by atoms with Crippen molar-refractivity contribution in [1.29, 1.82) is 0 Å². The molecule has 5 nitrogen and oxygen atoms in total. The number of imide groups is 1. The lowest BCUT2D eigenvalue weighted by atomic mass is 10.0. The fourth-order valence-corrected chi connectivity index (χ4v) is 4.38. The lowest BCUT2D eigenvalue weighted by Crippen LogP contribution is -2.43. The predicted octanol–water partition coefficient (Wildman–Crippen LogP) is 2.65. The summed E-state index contributed by atoms with van der Waals surface area (Å²) in [6.45, 7) is 4.63. The van der Waals surface area contributed by atoms with Crippen molar-refractivity contribution in [2.75, 3.05) is 33.7 Å². The number of likely N-dealkylation sites (tertiary alicyclic amines) is 1. The Morgan fingerprint density at radius 3 is 2.56 bits per heavy atom. The van der Waals surface area contributed by atoms with Crippen LogP contribution in [0.5, 0.6) is 0 Å². The highest BCUT2D eigenvalue weighted by atomic mass is 32.1. The largest absolute Gasteiger partial charge is 0.366 e. The Kier molecular flexibility index (Phi) is 5.59. The first kappa shape index (κ1) is 18.1. The molecule has 1 saturated heterocycles. The third-order valence-corrected chi connectivity index (χ3v) is 6.12. The van der Waals surface area contributed by atoms with Crippen molar-refractivity contribution >= 4 is 28.7 Å². The van der Waals surface area contributed by atoms with Gasteiger partial charge in [-0.25, -0.2) is 0 Å². The highest BCUT2D eigenvalue weighted by Gasteiger charge is 2.42. The van der Waals surface area contributed by atoms with Crippen molar-refractivity contribution < 1.29 is 9.59 Å². The van der Waals surface area contributed by atoms with Crippen LogP contribution in [0.3, 0.4) is 0 Å². The number of likely N-dealkylation sites (N-methyl/N-ethyl adjacent to an activating group) is 1. The number of rotatable bonds is 6. The molecule has 2 amide bonds. The van der Waals surface area contributed by atoms with Crippen molar-refractivity contribution in [3.8, 4) is 0 Å². The second-order valence-corrected chi connectivity index (χ2v) is 7.91. The van der Waals surface area contributed by atoms with Crippen LogP contribution in [0.15, 0.2) is 23.2 Å². The molecule has 2 aliphatic heterocycles. The molecule has 0 N–H and O–H groups in total. The van der Waals surface area contributed by atoms with Gasteiger partial charge in [0.15, 0.2) is 0 Å². The first-order valence-corrected chi connectivity index (χ1v) is 9.98. The smallest absolute Gasteiger partial charge is 0.277 e. The molecule has 0 bridgehead atoms. The summed E-state index contributed by atoms with van der Waals surface area (Å²) in [4.78, 5) is 32.8. The molecule has 0 atom stereocenters. The fourth-order valence-electron chi connectivity index (χ4n) is 3.62. The molecule has 2 aliphatic rings. The number of amides is 2. The van der Waals surface area contributed by atoms with E-state index in [9.17, 15) is 9.59 Å². The molecular weight excluding hydrogens is 334 g/mol. The number of hydrogen-bond acceptors (Lipinski definition) is 5. The molecule has 0 unspecified atom stereocenters. The summed E-state index contributed by atoms with van der Waals surface area (Å²) in [5.74, 6) is -0.251. The molecule has 0 radical (unpaired) electrons. The van der Waals surface area contributed by atoms with Gasteiger partial charge in [0.05, 0.1) is 5.57 Å². The van der Waals surface area contributed by atoms with Gasteiger partial charge in [-0.1, -0.05) is 19.4 Å². The molecule has 3 heterocycles. The first-order valence-electron chi connectivity index (χ1n) is 9.10. The highest BCUT2D eigenvalue weighted by molar-refractivity contribution is 7.11. The summed E-state index contributed by atoms with van der Waals surface area (Å²) < 4.78 is 0. The van der Waals surface area contributed by atoms with Crippen LogP contribution in [0.4, 0.5) is 0 Å². The van der Waals surface area contributed by atoms with Crippen molar-refractivity contribution in [2.24, 2.45) is 0 Å². The van der Waals surface area contributed by atoms with E-state index in [1.54, 1.807) is 0 Å². The van der Waals surface area contributed by atoms with E-state index in [1.165, 1.54) is 16.2 Å². The third kappa shape index (κ3) is 3.51. The van der Waals surface area contributed by atoms with E-state index in [0.717, 1.165) is 43.6 Å². The normalized spacial score (nSPS) is 20.0. The van der Waals surface area contributed by atoms with Gasteiger partial charge in [0.2, 0.25) is 0 Å². The highest BCUT2D eigenvalue weighted by Crippen LogP contribution is 2.35. The second kappa shape index (κ2) is 7.70. The Morgan fingerprint density at radius 2 is 1.96 bits per heavy atom. The van der Waals surface area contributed by atoms with E-state index in [-0.39, 0.29) is 11.8 Å². The van der Waals surface area contributed by atoms with E-state index in [4.69, 9.17) is 0 Å². The van der Waals surface area contributed by atoms with Gasteiger partial charge in [-0.2, -0.15) is 0 Å². The standard InChI is InChI=1S/C19H27N3O2S/c1-4-5-10-22-18(23)16(15-7-6-13-25-15)17(19(22)24)21(3)14-8-11-20(2)12-9-14/h6-7,13-14H,4-5,8-12H2,1-3H3. The van der Waals surface area contributed by atoms with E-state index in [2.05, 4.69) is 23.8 Å². The molecule has 0 spiro atoms. The maximum Gasteiger partial charge on any atom is 0.277 e. The van der Waals surface area contributed by atoms with Crippen molar-refractivity contribution in [1.82, 2.24) is 14.7 Å². The minimum atomic E-state index is -0.129. The van der Waals surface area contributed by atoms with Crippen LogP contribution in [0.2, 0.25) is 0 Å². The van der Waals surface area contributed by atoms with Crippen LogP contribution in [-0.2, 0) is 9.59 Å². The average molecular weight is 362 g/mol. The Hall–Kier alpha value is -1.66. The Morgan fingerprint density at radius 1 is 1.24 bits per heavy atom. The van der Waals surface area contributed by atoms with E-state index < -0.39 is 0 Å². The minimum absolute atomic E-state index is 0.122. The van der Waals surface area contributed by atoms with Crippen molar-refractivity contribution in [2.45, 2.75) is 38.6 Å². The number of hydrogen-bond donors (Lipinski definition) is 0. The number of nitrogens with zero attached hydrogens (tertiary/aromatic N) is 3. The Labute approximate surface area is 153 Å². The molecule has 25 heavy (non-hydrogen) atoms. The third-order valence-electron chi connectivity index (χ3n) is 5.23. The fraction of sp³-hybridized carbons (Fsp3) is 0.579. The van der Waals surface area contributed by atoms with E-state index in [1.807, 2.05) is 24.6 Å². The molecule has 0 saturated carbocycles. The molecule has 6 heteroatoms. The van der Waals surface area contributed by atoms with Crippen LogP contribution in [0.1, 0.15) is 37.5 Å². The average Bonchev–Trinajstić information content (AvgIpc) is 3.20. The molecule has 0 aliphatic carbocycles. The topological polar surface area (TPSA) is 43.9 Å². The molecule has 1 aromatic heterocycles. The summed E-state index contributed by atoms with van der Waals surface area (Å²) in [5, 5.41) is 1.96. The van der Waals surface area contributed by atoms with Crippen LogP contribution in [0, 0.1) is 0 Å². The number of carbonyl (C=O) groups is 2. The van der Waals surface area contributed by atoms with Gasteiger partial charge in [0, 0.05) is 24.5 Å². The van der Waals surface area contributed by atoms with Gasteiger partial charge in [0.25, 0.3) is 11.8 Å². The monoisotopic (exact) mass is 361 g/mol. The van der Waals surface area contributed by atoms with Crippen LogP contribution < -0.4 is 0 Å². The zero-order valence-corrected chi connectivity index (χ0v) is 16.1. The molecule has 136 valence electrons. The van der Waals surface area contributed by atoms with Crippen LogP contribution >= 0.6 is 11.3 Å². The lowest BCUT2D eigenvalue weighted by Gasteiger charge is -2.36. The summed E-state index contributed by atoms with van der Waals surface area (Å²) in [6, 6.07) is 4.19. The number of unbranched alkanes of at least 4 members (excludes halogenated alkanes) is 1. The van der Waals surface area contributed by atoms with Crippen LogP contribution in [0.25, 0.3) is 5.57 Å². The molecule has 1 fully saturated rings. The van der Waals surface area contributed by atoms with Crippen molar-refractivity contribution in [3.63, 3.8) is 0 Å². The zero-order chi connectivity index (χ0) is 18.0. The summed E-state index contributed by atoms with van der Waals surface area (Å²) >= 11 is 1.53. The van der Waals surface area contributed by atoms with Gasteiger partial charge in [-0.15, -0.1) is 11.3 Å². The maximum atomic E-state index is 13.1. The van der Waals surface area contributed by atoms with E-state index in [0.29, 0.717) is 23.9 Å². The summed E-state index contributed by atoms with van der Waals surface area (Å²) in [6.07, 6.45) is 3.85. The number of thiophene rings is 1. The van der Waals surface area contributed by atoms with Gasteiger partial charge in [0.1, 0.15) is 5.70 Å². The zero-order valence-electron chi connectivity index (χ0n) is 15.3. The molecule has 3 rings (SSSR count). The molecule has 0 aromatic carbocycles. The van der Waals surface area contributed by atoms with E-state index >= 15 is 0 Å². The van der Waals surface area contributed by atoms with Crippen molar-refractivity contribution in [3.05, 3.63) is 28.1 Å². The quantitative estimate of drug-likeness (QED) is 0.731. The Bertz CT molecular complexity index is 660. The molecular formula is C19H27N3O2S. The maximum absolute atomic E-state index is 13.1.